The molecule has 3 N–H and O–H groups in total. The first kappa shape index (κ1) is 10.5. The zero-order valence-corrected chi connectivity index (χ0v) is 9.10. The normalized spacial score (nSPS) is 10.8. The van der Waals surface area contributed by atoms with E-state index in [0.717, 1.165) is 22.9 Å². The first-order valence-corrected chi connectivity index (χ1v) is 5.21. The quantitative estimate of drug-likeness (QED) is 0.826. The number of aryl methyl sites for hydroxylation is 1. The fraction of sp³-hybridized carbons (Fsp3) is 0.250. The average Bonchev–Trinajstić information content (AvgIpc) is 2.55. The van der Waals surface area contributed by atoms with E-state index in [4.69, 9.17) is 10.8 Å². The molecule has 0 aliphatic heterocycles. The van der Waals surface area contributed by atoms with Gasteiger partial charge < -0.3 is 15.4 Å². The van der Waals surface area contributed by atoms with Crippen LogP contribution in [-0.4, -0.2) is 15.6 Å². The molecule has 0 saturated heterocycles. The average molecular weight is 218 g/mol. The number of nitrogens with zero attached hydrogens (tertiary/aromatic N) is 1. The largest absolute Gasteiger partial charge is 0.480 e. The Bertz CT molecular complexity index is 543. The van der Waals surface area contributed by atoms with E-state index < -0.39 is 5.97 Å². The van der Waals surface area contributed by atoms with Crippen molar-refractivity contribution in [2.24, 2.45) is 0 Å². The second-order valence-corrected chi connectivity index (χ2v) is 3.77. The number of nitrogens with two attached hydrogens (primary N) is 1. The van der Waals surface area contributed by atoms with Crippen LogP contribution in [0.2, 0.25) is 0 Å². The molecule has 1 aromatic heterocycles. The summed E-state index contributed by atoms with van der Waals surface area (Å²) in [5.41, 5.74) is 8.55. The number of para-hydroxylation sites is 1. The van der Waals surface area contributed by atoms with Gasteiger partial charge in [-0.15, -0.1) is 0 Å². The standard InChI is InChI=1S/C12H14N2O2/c1-2-8-4-3-5-9-10(13)6-14(12(8)9)7-11(15)16/h3-6H,2,7,13H2,1H3,(H,15,16). The van der Waals surface area contributed by atoms with Gasteiger partial charge in [0, 0.05) is 11.6 Å². The highest BCUT2D eigenvalue weighted by molar-refractivity contribution is 5.94. The first-order valence-electron chi connectivity index (χ1n) is 5.21. The van der Waals surface area contributed by atoms with Crippen LogP contribution in [0.15, 0.2) is 24.4 Å². The Labute approximate surface area is 93.3 Å². The fourth-order valence-electron chi connectivity index (χ4n) is 2.02. The van der Waals surface area contributed by atoms with Gasteiger partial charge >= 0.3 is 5.97 Å². The summed E-state index contributed by atoms with van der Waals surface area (Å²) in [5.74, 6) is -0.859. The Kier molecular flexibility index (Phi) is 2.56. The summed E-state index contributed by atoms with van der Waals surface area (Å²) in [5, 5.41) is 9.77. The van der Waals surface area contributed by atoms with Crippen molar-refractivity contribution in [3.8, 4) is 0 Å². The minimum absolute atomic E-state index is 0.0509. The van der Waals surface area contributed by atoms with Gasteiger partial charge in [-0.05, 0) is 12.0 Å². The van der Waals surface area contributed by atoms with Crippen LogP contribution in [0.3, 0.4) is 0 Å². The van der Waals surface area contributed by atoms with Gasteiger partial charge in [-0.2, -0.15) is 0 Å². The van der Waals surface area contributed by atoms with Crippen molar-refractivity contribution in [3.63, 3.8) is 0 Å². The van der Waals surface area contributed by atoms with Crippen molar-refractivity contribution >= 4 is 22.6 Å². The lowest BCUT2D eigenvalue weighted by Crippen LogP contribution is -2.08. The highest BCUT2D eigenvalue weighted by atomic mass is 16.4. The number of aromatic nitrogens is 1. The molecule has 0 bridgehead atoms. The molecule has 0 unspecified atom stereocenters. The van der Waals surface area contributed by atoms with Gasteiger partial charge in [0.1, 0.15) is 6.54 Å². The van der Waals surface area contributed by atoms with Crippen molar-refractivity contribution in [1.82, 2.24) is 4.57 Å². The number of hydrogen-bond acceptors (Lipinski definition) is 2. The third kappa shape index (κ3) is 1.62. The molecular weight excluding hydrogens is 204 g/mol. The number of hydrogen-bond donors (Lipinski definition) is 2. The third-order valence-electron chi connectivity index (χ3n) is 2.70. The summed E-state index contributed by atoms with van der Waals surface area (Å²) in [6, 6.07) is 5.87. The summed E-state index contributed by atoms with van der Waals surface area (Å²) in [6.45, 7) is 1.99. The van der Waals surface area contributed by atoms with Gasteiger partial charge in [-0.25, -0.2) is 0 Å². The number of nitrogen functional groups attached to an aromatic ring is 1. The molecule has 16 heavy (non-hydrogen) atoms. The molecule has 4 nitrogen and oxygen atoms in total. The van der Waals surface area contributed by atoms with E-state index in [1.54, 1.807) is 10.8 Å². The lowest BCUT2D eigenvalue weighted by molar-refractivity contribution is -0.137. The maximum Gasteiger partial charge on any atom is 0.323 e. The molecule has 0 spiro atoms. The summed E-state index contributed by atoms with van der Waals surface area (Å²) < 4.78 is 1.70. The molecule has 1 heterocycles. The smallest absolute Gasteiger partial charge is 0.323 e. The van der Waals surface area contributed by atoms with Crippen molar-refractivity contribution in [1.29, 1.82) is 0 Å². The number of rotatable bonds is 3. The monoisotopic (exact) mass is 218 g/mol. The number of benzene rings is 1. The van der Waals surface area contributed by atoms with E-state index in [1.807, 2.05) is 25.1 Å². The molecule has 0 radical (unpaired) electrons. The van der Waals surface area contributed by atoms with Crippen LogP contribution < -0.4 is 5.73 Å². The fourth-order valence-corrected chi connectivity index (χ4v) is 2.02. The van der Waals surface area contributed by atoms with Gasteiger partial charge in [0.2, 0.25) is 0 Å². The van der Waals surface area contributed by atoms with Crippen molar-refractivity contribution < 1.29 is 9.90 Å². The van der Waals surface area contributed by atoms with Crippen molar-refractivity contribution in [2.45, 2.75) is 19.9 Å². The molecule has 0 fully saturated rings. The van der Waals surface area contributed by atoms with Crippen LogP contribution in [-0.2, 0) is 17.8 Å². The number of carboxylic acids is 1. The van der Waals surface area contributed by atoms with Gasteiger partial charge in [-0.3, -0.25) is 4.79 Å². The topological polar surface area (TPSA) is 68.2 Å². The summed E-state index contributed by atoms with van der Waals surface area (Å²) >= 11 is 0. The van der Waals surface area contributed by atoms with E-state index in [2.05, 4.69) is 0 Å². The lowest BCUT2D eigenvalue weighted by atomic mass is 10.1. The molecule has 84 valence electrons. The molecule has 0 aliphatic carbocycles. The van der Waals surface area contributed by atoms with Crippen LogP contribution in [0.5, 0.6) is 0 Å². The Hall–Kier alpha value is -1.97. The van der Waals surface area contributed by atoms with Gasteiger partial charge in [-0.1, -0.05) is 25.1 Å². The van der Waals surface area contributed by atoms with Gasteiger partial charge in [0.15, 0.2) is 0 Å². The van der Waals surface area contributed by atoms with Crippen molar-refractivity contribution in [2.75, 3.05) is 5.73 Å². The molecule has 2 rings (SSSR count). The third-order valence-corrected chi connectivity index (χ3v) is 2.70. The van der Waals surface area contributed by atoms with Crippen molar-refractivity contribution in [3.05, 3.63) is 30.0 Å². The molecule has 0 saturated carbocycles. The second kappa shape index (κ2) is 3.89. The van der Waals surface area contributed by atoms with Crippen LogP contribution >= 0.6 is 0 Å². The molecular formula is C12H14N2O2. The zero-order chi connectivity index (χ0) is 11.7. The highest BCUT2D eigenvalue weighted by Gasteiger charge is 2.11. The maximum absolute atomic E-state index is 10.8. The van der Waals surface area contributed by atoms with E-state index >= 15 is 0 Å². The second-order valence-electron chi connectivity index (χ2n) is 3.77. The number of carbonyl (C=O) groups is 1. The highest BCUT2D eigenvalue weighted by Crippen LogP contribution is 2.26. The number of aliphatic carboxylic acids is 1. The predicted octanol–water partition coefficient (Wildman–Crippen LogP) is 1.87. The molecule has 0 atom stereocenters. The zero-order valence-electron chi connectivity index (χ0n) is 9.10. The van der Waals surface area contributed by atoms with Crippen LogP contribution in [0.25, 0.3) is 10.9 Å². The van der Waals surface area contributed by atoms with Gasteiger partial charge in [0.25, 0.3) is 0 Å². The summed E-state index contributed by atoms with van der Waals surface area (Å²) in [7, 11) is 0. The number of carboxylic acid groups (broad SMARTS) is 1. The maximum atomic E-state index is 10.8. The molecule has 2 aromatic rings. The Balaban J connectivity index is 2.69. The summed E-state index contributed by atoms with van der Waals surface area (Å²) in [4.78, 5) is 10.8. The van der Waals surface area contributed by atoms with Crippen LogP contribution in [0, 0.1) is 0 Å². The molecule has 4 heteroatoms. The van der Waals surface area contributed by atoms with E-state index in [0.29, 0.717) is 5.69 Å². The Morgan fingerprint density at radius 2 is 2.25 bits per heavy atom. The van der Waals surface area contributed by atoms with E-state index in [1.165, 1.54) is 0 Å². The van der Waals surface area contributed by atoms with E-state index in [9.17, 15) is 4.79 Å². The lowest BCUT2D eigenvalue weighted by Gasteiger charge is -2.05. The molecule has 0 amide bonds. The molecule has 0 aliphatic rings. The van der Waals surface area contributed by atoms with E-state index in [-0.39, 0.29) is 6.54 Å². The van der Waals surface area contributed by atoms with Gasteiger partial charge in [0.05, 0.1) is 11.2 Å². The molecule has 1 aromatic carbocycles. The minimum atomic E-state index is -0.859. The predicted molar refractivity (Wildman–Crippen MR) is 63.4 cm³/mol. The SMILES string of the molecule is CCc1cccc2c(N)cn(CC(=O)O)c12. The number of fused-ring (bicyclic) bond motifs is 1. The number of anilines is 1. The van der Waals surface area contributed by atoms with Crippen LogP contribution in [0.4, 0.5) is 5.69 Å². The first-order chi connectivity index (χ1) is 7.63. The van der Waals surface area contributed by atoms with Crippen LogP contribution in [0.1, 0.15) is 12.5 Å². The minimum Gasteiger partial charge on any atom is -0.480 e. The summed E-state index contributed by atoms with van der Waals surface area (Å²) in [6.07, 6.45) is 2.55. The Morgan fingerprint density at radius 3 is 2.88 bits per heavy atom. The Morgan fingerprint density at radius 1 is 1.50 bits per heavy atom.